The first kappa shape index (κ1) is 19.9. The van der Waals surface area contributed by atoms with Gasteiger partial charge in [-0.3, -0.25) is 14.2 Å². The van der Waals surface area contributed by atoms with E-state index in [2.05, 4.69) is 26.2 Å². The molecule has 0 atom stereocenters. The second kappa shape index (κ2) is 8.52. The lowest BCUT2D eigenvalue weighted by Gasteiger charge is -2.12. The number of anilines is 1. The minimum Gasteiger partial charge on any atom is -0.325 e. The molecule has 146 valence electrons. The van der Waals surface area contributed by atoms with Gasteiger partial charge in [0, 0.05) is 10.2 Å². The van der Waals surface area contributed by atoms with Crippen molar-refractivity contribution < 1.29 is 4.79 Å². The summed E-state index contributed by atoms with van der Waals surface area (Å²) >= 11 is 6.04. The average molecular weight is 486 g/mol. The number of carbonyl (C=O) groups is 1. The Bertz CT molecular complexity index is 1250. The third-order valence-electron chi connectivity index (χ3n) is 4.26. The standard InChI is InChI=1S/C21H16BrN3O2S2/c1-13-11-14(22)7-8-16(13)23-18(26)12-29-21-24-17-9-10-28-19(17)20(27)25(21)15-5-3-2-4-6-15/h2-11H,12H2,1H3,(H,23,26). The number of aromatic nitrogens is 2. The molecule has 0 saturated carbocycles. The van der Waals surface area contributed by atoms with Crippen molar-refractivity contribution in [2.24, 2.45) is 0 Å². The molecule has 2 aromatic heterocycles. The van der Waals surface area contributed by atoms with Gasteiger partial charge in [-0.1, -0.05) is 45.9 Å². The summed E-state index contributed by atoms with van der Waals surface area (Å²) in [5.41, 5.74) is 2.99. The molecule has 0 unspecified atom stereocenters. The Morgan fingerprint density at radius 1 is 1.21 bits per heavy atom. The van der Waals surface area contributed by atoms with E-state index < -0.39 is 0 Å². The number of aryl methyl sites for hydroxylation is 1. The van der Waals surface area contributed by atoms with Crippen LogP contribution < -0.4 is 10.9 Å². The van der Waals surface area contributed by atoms with Crippen LogP contribution >= 0.6 is 39.0 Å². The molecule has 29 heavy (non-hydrogen) atoms. The van der Waals surface area contributed by atoms with Crippen LogP contribution in [-0.4, -0.2) is 21.2 Å². The maximum atomic E-state index is 13.0. The molecule has 1 N–H and O–H groups in total. The van der Waals surface area contributed by atoms with E-state index in [0.29, 0.717) is 15.4 Å². The smallest absolute Gasteiger partial charge is 0.276 e. The Balaban J connectivity index is 1.62. The number of hydrogen-bond donors (Lipinski definition) is 1. The van der Waals surface area contributed by atoms with E-state index in [0.717, 1.165) is 21.4 Å². The third kappa shape index (κ3) is 4.29. The lowest BCUT2D eigenvalue weighted by atomic mass is 10.2. The minimum absolute atomic E-state index is 0.122. The van der Waals surface area contributed by atoms with Crippen LogP contribution in [0.25, 0.3) is 15.9 Å². The van der Waals surface area contributed by atoms with Crippen LogP contribution in [0.3, 0.4) is 0 Å². The number of thiophene rings is 1. The fourth-order valence-electron chi connectivity index (χ4n) is 2.88. The summed E-state index contributed by atoms with van der Waals surface area (Å²) in [4.78, 5) is 30.2. The van der Waals surface area contributed by atoms with Crippen molar-refractivity contribution in [1.29, 1.82) is 0 Å². The van der Waals surface area contributed by atoms with Crippen molar-refractivity contribution in [3.8, 4) is 5.69 Å². The van der Waals surface area contributed by atoms with Crippen molar-refractivity contribution in [2.45, 2.75) is 12.1 Å². The summed E-state index contributed by atoms with van der Waals surface area (Å²) in [6.07, 6.45) is 0. The third-order valence-corrected chi connectivity index (χ3v) is 6.58. The number of benzene rings is 2. The number of para-hydroxylation sites is 1. The van der Waals surface area contributed by atoms with Crippen LogP contribution in [-0.2, 0) is 4.79 Å². The van der Waals surface area contributed by atoms with Gasteiger partial charge in [-0.05, 0) is 54.3 Å². The van der Waals surface area contributed by atoms with Crippen molar-refractivity contribution in [3.63, 3.8) is 0 Å². The Morgan fingerprint density at radius 2 is 2.00 bits per heavy atom. The first-order chi connectivity index (χ1) is 14.0. The van der Waals surface area contributed by atoms with Gasteiger partial charge in [-0.15, -0.1) is 11.3 Å². The Hall–Kier alpha value is -2.42. The van der Waals surface area contributed by atoms with Gasteiger partial charge in [-0.25, -0.2) is 4.98 Å². The monoisotopic (exact) mass is 485 g/mol. The van der Waals surface area contributed by atoms with Crippen LogP contribution in [0.2, 0.25) is 0 Å². The van der Waals surface area contributed by atoms with Gasteiger partial charge in [0.2, 0.25) is 5.91 Å². The Morgan fingerprint density at radius 3 is 2.76 bits per heavy atom. The van der Waals surface area contributed by atoms with Crippen molar-refractivity contribution in [1.82, 2.24) is 9.55 Å². The Labute approximate surface area is 183 Å². The number of carbonyl (C=O) groups excluding carboxylic acids is 1. The molecule has 0 bridgehead atoms. The quantitative estimate of drug-likeness (QED) is 0.309. The summed E-state index contributed by atoms with van der Waals surface area (Å²) in [7, 11) is 0. The zero-order valence-corrected chi connectivity index (χ0v) is 18.6. The van der Waals surface area contributed by atoms with Crippen LogP contribution in [0.1, 0.15) is 5.56 Å². The summed E-state index contributed by atoms with van der Waals surface area (Å²) in [5, 5.41) is 5.27. The SMILES string of the molecule is Cc1cc(Br)ccc1NC(=O)CSc1nc2ccsc2c(=O)n1-c1ccccc1. The highest BCUT2D eigenvalue weighted by Gasteiger charge is 2.16. The molecule has 4 aromatic rings. The molecule has 0 spiro atoms. The molecular weight excluding hydrogens is 470 g/mol. The topological polar surface area (TPSA) is 64.0 Å². The molecule has 0 aliphatic carbocycles. The summed E-state index contributed by atoms with van der Waals surface area (Å²) in [6.45, 7) is 1.94. The van der Waals surface area contributed by atoms with Crippen LogP contribution in [0.4, 0.5) is 5.69 Å². The maximum Gasteiger partial charge on any atom is 0.276 e. The fourth-order valence-corrected chi connectivity index (χ4v) is 4.93. The van der Waals surface area contributed by atoms with Crippen LogP contribution in [0.5, 0.6) is 0 Å². The molecule has 0 radical (unpaired) electrons. The van der Waals surface area contributed by atoms with E-state index in [1.54, 1.807) is 4.57 Å². The largest absolute Gasteiger partial charge is 0.325 e. The molecule has 0 saturated heterocycles. The predicted octanol–water partition coefficient (Wildman–Crippen LogP) is 5.25. The molecular formula is C21H16BrN3O2S2. The van der Waals surface area contributed by atoms with E-state index in [1.165, 1.54) is 23.1 Å². The number of thioether (sulfide) groups is 1. The maximum absolute atomic E-state index is 13.0. The first-order valence-corrected chi connectivity index (χ1v) is 11.4. The van der Waals surface area contributed by atoms with Gasteiger partial charge < -0.3 is 5.32 Å². The molecule has 0 fully saturated rings. The molecule has 1 amide bonds. The van der Waals surface area contributed by atoms with Gasteiger partial charge in [0.15, 0.2) is 5.16 Å². The van der Waals surface area contributed by atoms with Crippen LogP contribution in [0.15, 0.2) is 74.4 Å². The molecule has 5 nitrogen and oxygen atoms in total. The number of amides is 1. The molecule has 4 rings (SSSR count). The van der Waals surface area contributed by atoms with E-state index in [4.69, 9.17) is 0 Å². The minimum atomic E-state index is -0.153. The lowest BCUT2D eigenvalue weighted by molar-refractivity contribution is -0.113. The zero-order valence-electron chi connectivity index (χ0n) is 15.4. The highest BCUT2D eigenvalue weighted by Crippen LogP contribution is 2.24. The summed E-state index contributed by atoms with van der Waals surface area (Å²) in [6, 6.07) is 16.9. The van der Waals surface area contributed by atoms with Gasteiger partial charge in [0.25, 0.3) is 5.56 Å². The van der Waals surface area contributed by atoms with Gasteiger partial charge in [0.1, 0.15) is 4.70 Å². The Kier molecular flexibility index (Phi) is 5.84. The number of rotatable bonds is 5. The highest BCUT2D eigenvalue weighted by molar-refractivity contribution is 9.10. The summed E-state index contributed by atoms with van der Waals surface area (Å²) in [5.74, 6) is -0.00978. The second-order valence-electron chi connectivity index (χ2n) is 6.30. The number of halogens is 1. The molecule has 0 aliphatic rings. The van der Waals surface area contributed by atoms with E-state index >= 15 is 0 Å². The normalized spacial score (nSPS) is 11.0. The first-order valence-electron chi connectivity index (χ1n) is 8.77. The van der Waals surface area contributed by atoms with Gasteiger partial charge in [-0.2, -0.15) is 0 Å². The van der Waals surface area contributed by atoms with Gasteiger partial charge in [0.05, 0.1) is 17.0 Å². The molecule has 0 aliphatic heterocycles. The molecule has 2 aromatic carbocycles. The van der Waals surface area contributed by atoms with E-state index in [9.17, 15) is 9.59 Å². The lowest BCUT2D eigenvalue weighted by Crippen LogP contribution is -2.22. The number of nitrogens with zero attached hydrogens (tertiary/aromatic N) is 2. The van der Waals surface area contributed by atoms with Crippen molar-refractivity contribution in [3.05, 3.63) is 80.4 Å². The summed E-state index contributed by atoms with van der Waals surface area (Å²) < 4.78 is 3.14. The highest BCUT2D eigenvalue weighted by atomic mass is 79.9. The molecule has 2 heterocycles. The van der Waals surface area contributed by atoms with Crippen LogP contribution in [0, 0.1) is 6.92 Å². The predicted molar refractivity (Wildman–Crippen MR) is 123 cm³/mol. The van der Waals surface area contributed by atoms with Gasteiger partial charge >= 0.3 is 0 Å². The van der Waals surface area contributed by atoms with E-state index in [-0.39, 0.29) is 17.2 Å². The average Bonchev–Trinajstić information content (AvgIpc) is 3.18. The fraction of sp³-hybridized carbons (Fsp3) is 0.0952. The van der Waals surface area contributed by atoms with Crippen molar-refractivity contribution in [2.75, 3.05) is 11.1 Å². The number of nitrogens with one attached hydrogen (secondary N) is 1. The van der Waals surface area contributed by atoms with Crippen molar-refractivity contribution >= 4 is 60.8 Å². The number of fused-ring (bicyclic) bond motifs is 1. The molecule has 8 heteroatoms. The number of hydrogen-bond acceptors (Lipinski definition) is 5. The zero-order chi connectivity index (χ0) is 20.4. The second-order valence-corrected chi connectivity index (χ2v) is 9.08. The van der Waals surface area contributed by atoms with E-state index in [1.807, 2.05) is 66.9 Å².